The van der Waals surface area contributed by atoms with Crippen molar-refractivity contribution in [2.45, 2.75) is 6.42 Å². The highest BCUT2D eigenvalue weighted by Gasteiger charge is 2.12. The van der Waals surface area contributed by atoms with Crippen molar-refractivity contribution in [1.82, 2.24) is 4.98 Å². The fourth-order valence-corrected chi connectivity index (χ4v) is 2.19. The Bertz CT molecular complexity index is 867. The molecule has 0 atom stereocenters. The Morgan fingerprint density at radius 1 is 1.12 bits per heavy atom. The molecule has 0 saturated carbocycles. The third-order valence-electron chi connectivity index (χ3n) is 3.39. The first kappa shape index (κ1) is 15.7. The fourth-order valence-electron chi connectivity index (χ4n) is 2.19. The molecule has 0 fully saturated rings. The minimum atomic E-state index is -0.455. The molecule has 0 aliphatic carbocycles. The number of halogens is 1. The minimum absolute atomic E-state index is 0.120. The lowest BCUT2D eigenvalue weighted by Gasteiger charge is -1.99. The molecule has 1 aromatic carbocycles. The maximum atomic E-state index is 12.9. The van der Waals surface area contributed by atoms with E-state index in [0.29, 0.717) is 17.9 Å². The van der Waals surface area contributed by atoms with Crippen LogP contribution >= 0.6 is 0 Å². The number of hydrogen-bond donors (Lipinski definition) is 1. The number of furan rings is 1. The van der Waals surface area contributed by atoms with Crippen LogP contribution in [-0.4, -0.2) is 15.9 Å². The third-order valence-corrected chi connectivity index (χ3v) is 3.39. The van der Waals surface area contributed by atoms with Crippen LogP contribution in [0.25, 0.3) is 5.76 Å². The van der Waals surface area contributed by atoms with Crippen LogP contribution in [0.1, 0.15) is 27.6 Å². The van der Waals surface area contributed by atoms with Crippen LogP contribution in [0.2, 0.25) is 0 Å². The summed E-state index contributed by atoms with van der Waals surface area (Å²) < 4.78 is 18.4. The maximum absolute atomic E-state index is 12.9. The molecule has 3 aromatic rings. The molecule has 0 bridgehead atoms. The van der Waals surface area contributed by atoms with Crippen molar-refractivity contribution in [2.75, 3.05) is 0 Å². The smallest absolute Gasteiger partial charge is 0.224 e. The van der Waals surface area contributed by atoms with Gasteiger partial charge in [0.2, 0.25) is 5.78 Å². The second kappa shape index (κ2) is 6.91. The highest BCUT2D eigenvalue weighted by atomic mass is 19.1. The number of aromatic nitrogens is 1. The first-order chi connectivity index (χ1) is 11.6. The molecular weight excluding hydrogens is 309 g/mol. The van der Waals surface area contributed by atoms with Crippen molar-refractivity contribution in [3.63, 3.8) is 0 Å². The van der Waals surface area contributed by atoms with E-state index >= 15 is 0 Å². The number of hydrogen-bond acceptors (Lipinski definition) is 4. The molecular formula is C19H14FNO3. The molecule has 24 heavy (non-hydrogen) atoms. The van der Waals surface area contributed by atoms with E-state index in [1.165, 1.54) is 18.3 Å². The van der Waals surface area contributed by atoms with Gasteiger partial charge in [0.15, 0.2) is 5.76 Å². The van der Waals surface area contributed by atoms with Gasteiger partial charge in [0.1, 0.15) is 23.0 Å². The zero-order chi connectivity index (χ0) is 16.9. The number of rotatable bonds is 5. The number of ketones is 1. The minimum Gasteiger partial charge on any atom is -0.506 e. The Morgan fingerprint density at radius 3 is 2.62 bits per heavy atom. The van der Waals surface area contributed by atoms with Crippen LogP contribution in [0.4, 0.5) is 4.39 Å². The first-order valence-corrected chi connectivity index (χ1v) is 7.31. The molecule has 2 heterocycles. The Hall–Kier alpha value is -3.21. The number of nitrogens with zero attached hydrogens (tertiary/aromatic N) is 1. The fraction of sp³-hybridized carbons (Fsp3) is 0.0526. The van der Waals surface area contributed by atoms with E-state index in [2.05, 4.69) is 4.98 Å². The monoisotopic (exact) mass is 323 g/mol. The summed E-state index contributed by atoms with van der Waals surface area (Å²) in [5, 5.41) is 9.92. The Labute approximate surface area is 137 Å². The van der Waals surface area contributed by atoms with Gasteiger partial charge in [-0.15, -0.1) is 0 Å². The van der Waals surface area contributed by atoms with Gasteiger partial charge in [0, 0.05) is 18.7 Å². The summed E-state index contributed by atoms with van der Waals surface area (Å²) in [7, 11) is 0. The van der Waals surface area contributed by atoms with E-state index < -0.39 is 5.78 Å². The van der Waals surface area contributed by atoms with Crippen LogP contribution in [-0.2, 0) is 6.42 Å². The predicted molar refractivity (Wildman–Crippen MR) is 87.1 cm³/mol. The van der Waals surface area contributed by atoms with Gasteiger partial charge in [-0.3, -0.25) is 9.78 Å². The molecule has 0 unspecified atom stereocenters. The van der Waals surface area contributed by atoms with Gasteiger partial charge < -0.3 is 9.52 Å². The second-order valence-electron chi connectivity index (χ2n) is 5.18. The van der Waals surface area contributed by atoms with E-state index in [0.717, 1.165) is 11.6 Å². The second-order valence-corrected chi connectivity index (χ2v) is 5.18. The van der Waals surface area contributed by atoms with Gasteiger partial charge in [0.25, 0.3) is 0 Å². The third kappa shape index (κ3) is 3.76. The number of benzene rings is 1. The van der Waals surface area contributed by atoms with E-state index in [4.69, 9.17) is 4.42 Å². The number of pyridine rings is 1. The van der Waals surface area contributed by atoms with E-state index in [1.807, 2.05) is 0 Å². The van der Waals surface area contributed by atoms with Crippen molar-refractivity contribution in [3.05, 3.63) is 95.5 Å². The molecule has 1 N–H and O–H groups in total. The summed E-state index contributed by atoms with van der Waals surface area (Å²) in [5.41, 5.74) is 1.18. The van der Waals surface area contributed by atoms with E-state index in [9.17, 15) is 14.3 Å². The van der Waals surface area contributed by atoms with Crippen LogP contribution < -0.4 is 0 Å². The Morgan fingerprint density at radius 2 is 1.92 bits per heavy atom. The number of aliphatic hydroxyl groups is 1. The maximum Gasteiger partial charge on any atom is 0.224 e. The number of carbonyl (C=O) groups excluding carboxylic acids is 1. The standard InChI is InChI=1S/C19H14FNO3/c20-14-6-4-13(5-7-14)11-15-8-9-19(24-15)18(23)12-17(22)16-3-1-2-10-21-16/h1-10,12,22H,11H2. The van der Waals surface area contributed by atoms with Gasteiger partial charge in [-0.1, -0.05) is 18.2 Å². The molecule has 3 rings (SSSR count). The molecule has 0 aliphatic rings. The Balaban J connectivity index is 1.73. The summed E-state index contributed by atoms with van der Waals surface area (Å²) in [6.45, 7) is 0. The van der Waals surface area contributed by atoms with Gasteiger partial charge in [-0.25, -0.2) is 4.39 Å². The van der Waals surface area contributed by atoms with Crippen LogP contribution in [0.15, 0.2) is 71.3 Å². The summed E-state index contributed by atoms with van der Waals surface area (Å²) in [4.78, 5) is 16.1. The summed E-state index contributed by atoms with van der Waals surface area (Å²) >= 11 is 0. The molecule has 0 aliphatic heterocycles. The average molecular weight is 323 g/mol. The molecule has 0 saturated heterocycles. The zero-order valence-corrected chi connectivity index (χ0v) is 12.6. The molecule has 0 amide bonds. The van der Waals surface area contributed by atoms with Gasteiger partial charge in [-0.05, 0) is 42.0 Å². The highest BCUT2D eigenvalue weighted by molar-refractivity contribution is 6.05. The van der Waals surface area contributed by atoms with Gasteiger partial charge >= 0.3 is 0 Å². The van der Waals surface area contributed by atoms with E-state index in [1.54, 1.807) is 42.5 Å². The van der Waals surface area contributed by atoms with Crippen molar-refractivity contribution >= 4 is 11.5 Å². The largest absolute Gasteiger partial charge is 0.506 e. The molecule has 0 radical (unpaired) electrons. The molecule has 2 aromatic heterocycles. The molecule has 4 nitrogen and oxygen atoms in total. The normalized spacial score (nSPS) is 11.5. The quantitative estimate of drug-likeness (QED) is 0.434. The van der Waals surface area contributed by atoms with Crippen molar-refractivity contribution in [2.24, 2.45) is 0 Å². The van der Waals surface area contributed by atoms with Crippen LogP contribution in [0.5, 0.6) is 0 Å². The number of carbonyl (C=O) groups is 1. The summed E-state index contributed by atoms with van der Waals surface area (Å²) in [6.07, 6.45) is 3.05. The first-order valence-electron chi connectivity index (χ1n) is 7.31. The molecule has 0 spiro atoms. The number of aliphatic hydroxyl groups excluding tert-OH is 1. The average Bonchev–Trinajstić information content (AvgIpc) is 3.06. The predicted octanol–water partition coefficient (Wildman–Crippen LogP) is 4.19. The van der Waals surface area contributed by atoms with Gasteiger partial charge in [-0.2, -0.15) is 0 Å². The molecule has 120 valence electrons. The lowest BCUT2D eigenvalue weighted by atomic mass is 10.1. The highest BCUT2D eigenvalue weighted by Crippen LogP contribution is 2.16. The van der Waals surface area contributed by atoms with Crippen LogP contribution in [0, 0.1) is 5.82 Å². The SMILES string of the molecule is O=C(C=C(O)c1ccccn1)c1ccc(Cc2ccc(F)cc2)o1. The van der Waals surface area contributed by atoms with Crippen molar-refractivity contribution in [1.29, 1.82) is 0 Å². The lowest BCUT2D eigenvalue weighted by Crippen LogP contribution is -1.96. The topological polar surface area (TPSA) is 63.3 Å². The lowest BCUT2D eigenvalue weighted by molar-refractivity contribution is 0.101. The summed E-state index contributed by atoms with van der Waals surface area (Å²) in [6, 6.07) is 14.3. The number of allylic oxidation sites excluding steroid dienone is 1. The molecule has 5 heteroatoms. The van der Waals surface area contributed by atoms with E-state index in [-0.39, 0.29) is 17.3 Å². The van der Waals surface area contributed by atoms with Crippen molar-refractivity contribution in [3.8, 4) is 0 Å². The van der Waals surface area contributed by atoms with Gasteiger partial charge in [0.05, 0.1) is 0 Å². The van der Waals surface area contributed by atoms with Crippen LogP contribution in [0.3, 0.4) is 0 Å². The van der Waals surface area contributed by atoms with Crippen molar-refractivity contribution < 1.29 is 18.7 Å². The summed E-state index contributed by atoms with van der Waals surface area (Å²) in [5.74, 6) is -0.282. The Kier molecular flexibility index (Phi) is 4.52. The zero-order valence-electron chi connectivity index (χ0n) is 12.6.